The van der Waals surface area contributed by atoms with E-state index in [1.54, 1.807) is 24.3 Å². The van der Waals surface area contributed by atoms with Crippen LogP contribution in [0.3, 0.4) is 0 Å². The normalized spacial score (nSPS) is 18.9. The molecule has 2 fully saturated rings. The van der Waals surface area contributed by atoms with E-state index in [0.29, 0.717) is 18.1 Å². The maximum absolute atomic E-state index is 13.5. The third-order valence-electron chi connectivity index (χ3n) is 8.48. The van der Waals surface area contributed by atoms with Crippen molar-refractivity contribution in [1.82, 2.24) is 31.9 Å². The van der Waals surface area contributed by atoms with Crippen LogP contribution in [0.25, 0.3) is 0 Å². The number of amides is 6. The molecule has 6 N–H and O–H groups in total. The molecular weight excluding hydrogens is 660 g/mol. The number of thioether (sulfide) groups is 1. The summed E-state index contributed by atoms with van der Waals surface area (Å²) in [6, 6.07) is 16.1. The van der Waals surface area contributed by atoms with E-state index in [1.165, 1.54) is 0 Å². The lowest BCUT2D eigenvalue weighted by molar-refractivity contribution is -0.140. The van der Waals surface area contributed by atoms with E-state index >= 15 is 0 Å². The van der Waals surface area contributed by atoms with E-state index < -0.39 is 35.8 Å². The fourth-order valence-corrected chi connectivity index (χ4v) is 7.47. The molecule has 0 saturated carbocycles. The van der Waals surface area contributed by atoms with Crippen LogP contribution in [-0.2, 0) is 36.9 Å². The van der Waals surface area contributed by atoms with Crippen molar-refractivity contribution in [2.24, 2.45) is 5.92 Å². The lowest BCUT2D eigenvalue weighted by Crippen LogP contribution is -2.55. The molecule has 4 rings (SSSR count). The van der Waals surface area contributed by atoms with Crippen LogP contribution < -0.4 is 31.9 Å². The number of carbonyl (C=O) groups excluding carboxylic acids is 6. The molecule has 0 aromatic heterocycles. The number of hydrogen-bond acceptors (Lipinski definition) is 8. The molecule has 2 aliphatic rings. The van der Waals surface area contributed by atoms with Gasteiger partial charge in [0.25, 0.3) is 5.91 Å². The number of hydrogen-bond donors (Lipinski definition) is 6. The van der Waals surface area contributed by atoms with Gasteiger partial charge in [-0.25, -0.2) is 9.59 Å². The number of urea groups is 1. The second-order valence-corrected chi connectivity index (χ2v) is 14.2. The molecule has 0 spiro atoms. The molecule has 14 heteroatoms. The van der Waals surface area contributed by atoms with E-state index in [1.807, 2.05) is 62.0 Å². The van der Waals surface area contributed by atoms with Crippen molar-refractivity contribution in [3.63, 3.8) is 0 Å². The molecule has 2 saturated heterocycles. The second kappa shape index (κ2) is 19.6. The summed E-state index contributed by atoms with van der Waals surface area (Å²) in [5.41, 5.74) is 1.52. The van der Waals surface area contributed by atoms with Crippen molar-refractivity contribution >= 4 is 47.4 Å². The van der Waals surface area contributed by atoms with Crippen LogP contribution in [0.15, 0.2) is 60.7 Å². The van der Waals surface area contributed by atoms with Gasteiger partial charge < -0.3 is 36.6 Å². The quantitative estimate of drug-likeness (QED) is 0.0731. The minimum atomic E-state index is -1.20. The third kappa shape index (κ3) is 12.4. The monoisotopic (exact) mass is 708 g/mol. The zero-order valence-corrected chi connectivity index (χ0v) is 29.4. The van der Waals surface area contributed by atoms with Gasteiger partial charge in [0.15, 0.2) is 0 Å². The van der Waals surface area contributed by atoms with Crippen molar-refractivity contribution in [2.45, 2.75) is 88.4 Å². The Morgan fingerprint density at radius 3 is 2.24 bits per heavy atom. The fourth-order valence-electron chi connectivity index (χ4n) is 5.93. The first-order valence-electron chi connectivity index (χ1n) is 17.2. The highest BCUT2D eigenvalue weighted by molar-refractivity contribution is 8.00. The number of fused-ring (bicyclic) bond motifs is 1. The van der Waals surface area contributed by atoms with Crippen LogP contribution in [0.4, 0.5) is 9.59 Å². The van der Waals surface area contributed by atoms with Crippen molar-refractivity contribution in [2.75, 3.05) is 18.8 Å². The summed E-state index contributed by atoms with van der Waals surface area (Å²) in [7, 11) is 0. The minimum Gasteiger partial charge on any atom is -0.445 e. The number of ketones is 1. The molecule has 2 unspecified atom stereocenters. The largest absolute Gasteiger partial charge is 0.445 e. The van der Waals surface area contributed by atoms with Crippen LogP contribution in [0, 0.1) is 5.92 Å². The summed E-state index contributed by atoms with van der Waals surface area (Å²) >= 11 is 1.84. The summed E-state index contributed by atoms with van der Waals surface area (Å²) in [5, 5.41) is 16.8. The van der Waals surface area contributed by atoms with E-state index in [9.17, 15) is 28.8 Å². The van der Waals surface area contributed by atoms with Gasteiger partial charge in [0, 0.05) is 36.9 Å². The van der Waals surface area contributed by atoms with Gasteiger partial charge in [-0.3, -0.25) is 19.2 Å². The van der Waals surface area contributed by atoms with Gasteiger partial charge in [-0.1, -0.05) is 80.9 Å². The third-order valence-corrected chi connectivity index (χ3v) is 9.99. The topological polar surface area (TPSA) is 184 Å². The molecule has 6 amide bonds. The molecule has 50 heavy (non-hydrogen) atoms. The van der Waals surface area contributed by atoms with Crippen molar-refractivity contribution in [1.29, 1.82) is 0 Å². The zero-order valence-electron chi connectivity index (χ0n) is 28.6. The lowest BCUT2D eigenvalue weighted by atomic mass is 9.99. The highest BCUT2D eigenvalue weighted by Crippen LogP contribution is 2.33. The minimum absolute atomic E-state index is 0.0229. The van der Waals surface area contributed by atoms with Crippen LogP contribution in [0.2, 0.25) is 0 Å². The molecular formula is C36H48N6O7S. The lowest BCUT2D eigenvalue weighted by Gasteiger charge is -2.24. The Bertz CT molecular complexity index is 1460. The Morgan fingerprint density at radius 1 is 0.860 bits per heavy atom. The van der Waals surface area contributed by atoms with Crippen molar-refractivity contribution in [3.05, 3.63) is 71.8 Å². The molecule has 13 nitrogen and oxygen atoms in total. The second-order valence-electron chi connectivity index (χ2n) is 13.0. The maximum atomic E-state index is 13.5. The SMILES string of the molecule is CC(C)CC(NC(=O)OCc1ccccc1)C(=O)NC(Cc1ccccc1)C(=O)C(=O)NCCNC(=O)CCCC[C@@H]1SC[C@@H]2NC(=O)N[C@@H]21. The van der Waals surface area contributed by atoms with Crippen LogP contribution in [0.5, 0.6) is 0 Å². The molecule has 2 aromatic carbocycles. The maximum Gasteiger partial charge on any atom is 0.408 e. The van der Waals surface area contributed by atoms with Gasteiger partial charge in [0.2, 0.25) is 17.6 Å². The summed E-state index contributed by atoms with van der Waals surface area (Å²) in [6.45, 7) is 3.99. The number of nitrogens with one attached hydrogen (secondary N) is 6. The molecule has 2 aromatic rings. The Hall–Kier alpha value is -4.59. The molecule has 270 valence electrons. The number of alkyl carbamates (subject to hydrolysis) is 1. The number of unbranched alkanes of at least 4 members (excludes halogenated alkanes) is 1. The molecule has 0 aliphatic carbocycles. The highest BCUT2D eigenvalue weighted by Gasteiger charge is 2.42. The standard InChI is InChI=1S/C36H48N6O7S/c1-23(2)19-27(41-36(48)49-21-25-13-7-4-8-14-25)33(45)39-26(20-24-11-5-3-6-12-24)32(44)34(46)38-18-17-37-30(43)16-10-9-15-29-31-28(22-50-29)40-35(47)42-31/h3-8,11-14,23,26-29,31H,9-10,15-22H2,1-2H3,(H,37,43)(H,38,46)(H,39,45)(H,41,48)(H2,40,42,47)/t26?,27?,28-,29-,31-/m0/s1. The smallest absolute Gasteiger partial charge is 0.408 e. The van der Waals surface area contributed by atoms with Crippen LogP contribution in [-0.4, -0.2) is 83.9 Å². The van der Waals surface area contributed by atoms with Crippen LogP contribution >= 0.6 is 11.8 Å². The average Bonchev–Trinajstić information content (AvgIpc) is 3.66. The number of benzene rings is 2. The first kappa shape index (κ1) is 38.2. The Morgan fingerprint density at radius 2 is 1.54 bits per heavy atom. The first-order chi connectivity index (χ1) is 24.1. The summed E-state index contributed by atoms with van der Waals surface area (Å²) in [4.78, 5) is 76.3. The number of ether oxygens (including phenoxy) is 1. The predicted molar refractivity (Wildman–Crippen MR) is 190 cm³/mol. The predicted octanol–water partition coefficient (Wildman–Crippen LogP) is 2.58. The Labute approximate surface area is 297 Å². The van der Waals surface area contributed by atoms with Gasteiger partial charge in [-0.15, -0.1) is 0 Å². The number of rotatable bonds is 19. The van der Waals surface area contributed by atoms with E-state index in [2.05, 4.69) is 31.9 Å². The summed E-state index contributed by atoms with van der Waals surface area (Å²) in [5.74, 6) is -1.58. The van der Waals surface area contributed by atoms with Gasteiger partial charge in [-0.2, -0.15) is 11.8 Å². The molecule has 5 atom stereocenters. The summed E-state index contributed by atoms with van der Waals surface area (Å²) < 4.78 is 5.31. The van der Waals surface area contributed by atoms with E-state index in [0.717, 1.165) is 29.7 Å². The fraction of sp³-hybridized carbons (Fsp3) is 0.500. The van der Waals surface area contributed by atoms with Gasteiger partial charge >= 0.3 is 12.1 Å². The first-order valence-corrected chi connectivity index (χ1v) is 18.2. The van der Waals surface area contributed by atoms with Crippen LogP contribution in [0.1, 0.15) is 57.1 Å². The van der Waals surface area contributed by atoms with Crippen molar-refractivity contribution < 1.29 is 33.5 Å². The Kier molecular flexibility index (Phi) is 15.0. The van der Waals surface area contributed by atoms with Gasteiger partial charge in [0.05, 0.1) is 12.1 Å². The van der Waals surface area contributed by atoms with Crippen molar-refractivity contribution in [3.8, 4) is 0 Å². The number of Topliss-reactive ketones (excluding diaryl/α,β-unsaturated/α-hetero) is 1. The zero-order chi connectivity index (χ0) is 35.9. The number of carbonyl (C=O) groups is 6. The van der Waals surface area contributed by atoms with Gasteiger partial charge in [0.1, 0.15) is 18.7 Å². The van der Waals surface area contributed by atoms with Gasteiger partial charge in [-0.05, 0) is 36.3 Å². The van der Waals surface area contributed by atoms with E-state index in [4.69, 9.17) is 4.74 Å². The molecule has 0 bridgehead atoms. The molecule has 0 radical (unpaired) electrons. The highest BCUT2D eigenvalue weighted by atomic mass is 32.2. The average molecular weight is 709 g/mol. The van der Waals surface area contributed by atoms with E-state index in [-0.39, 0.29) is 62.5 Å². The summed E-state index contributed by atoms with van der Waals surface area (Å²) in [6.07, 6.45) is 2.36. The Balaban J connectivity index is 1.22. The molecule has 2 aliphatic heterocycles. The molecule has 2 heterocycles.